The van der Waals surface area contributed by atoms with Gasteiger partial charge in [0.25, 0.3) is 0 Å². The van der Waals surface area contributed by atoms with Gasteiger partial charge >= 0.3 is 0 Å². The van der Waals surface area contributed by atoms with E-state index in [0.717, 1.165) is 4.47 Å². The Balaban J connectivity index is 3.19. The standard InChI is InChI=1S/C10H12BrI/c1-10(2,3)8-5-4-7(11)6-9(8)12/h4-6H,1-3H3. The number of rotatable bonds is 0. The molecule has 1 aromatic carbocycles. The molecular formula is C10H12BrI. The molecule has 0 nitrogen and oxygen atoms in total. The summed E-state index contributed by atoms with van der Waals surface area (Å²) in [7, 11) is 0. The second kappa shape index (κ2) is 3.66. The normalized spacial score (nSPS) is 11.8. The molecule has 0 aliphatic rings. The lowest BCUT2D eigenvalue weighted by molar-refractivity contribution is 0.586. The summed E-state index contributed by atoms with van der Waals surface area (Å²) in [5, 5.41) is 0. The third kappa shape index (κ3) is 2.46. The zero-order valence-electron chi connectivity index (χ0n) is 7.49. The summed E-state index contributed by atoms with van der Waals surface area (Å²) in [5.41, 5.74) is 1.66. The van der Waals surface area contributed by atoms with Crippen LogP contribution in [0.5, 0.6) is 0 Å². The van der Waals surface area contributed by atoms with E-state index in [-0.39, 0.29) is 5.41 Å². The first kappa shape index (κ1) is 10.5. The van der Waals surface area contributed by atoms with Crippen LogP contribution in [-0.4, -0.2) is 0 Å². The maximum Gasteiger partial charge on any atom is 0.0185 e. The summed E-state index contributed by atoms with van der Waals surface area (Å²) in [6.07, 6.45) is 0. The molecule has 0 fully saturated rings. The van der Waals surface area contributed by atoms with E-state index < -0.39 is 0 Å². The Morgan fingerprint density at radius 1 is 1.25 bits per heavy atom. The van der Waals surface area contributed by atoms with E-state index in [4.69, 9.17) is 0 Å². The van der Waals surface area contributed by atoms with Crippen molar-refractivity contribution in [3.63, 3.8) is 0 Å². The lowest BCUT2D eigenvalue weighted by Gasteiger charge is -2.20. The molecule has 0 spiro atoms. The second-order valence-corrected chi connectivity index (χ2v) is 5.95. The molecule has 0 bridgehead atoms. The number of hydrogen-bond acceptors (Lipinski definition) is 0. The summed E-state index contributed by atoms with van der Waals surface area (Å²) in [5.74, 6) is 0. The van der Waals surface area contributed by atoms with Crippen LogP contribution < -0.4 is 0 Å². The van der Waals surface area contributed by atoms with Crippen LogP contribution in [0.2, 0.25) is 0 Å². The van der Waals surface area contributed by atoms with Crippen molar-refractivity contribution in [2.75, 3.05) is 0 Å². The van der Waals surface area contributed by atoms with Crippen molar-refractivity contribution in [3.8, 4) is 0 Å². The van der Waals surface area contributed by atoms with Crippen LogP contribution in [-0.2, 0) is 5.41 Å². The molecule has 12 heavy (non-hydrogen) atoms. The van der Waals surface area contributed by atoms with Gasteiger partial charge in [-0.2, -0.15) is 0 Å². The average Bonchev–Trinajstić information content (AvgIpc) is 1.83. The Kier molecular flexibility index (Phi) is 3.21. The third-order valence-corrected chi connectivity index (χ3v) is 3.12. The van der Waals surface area contributed by atoms with Crippen LogP contribution in [0.3, 0.4) is 0 Å². The maximum atomic E-state index is 3.46. The van der Waals surface area contributed by atoms with Gasteiger partial charge < -0.3 is 0 Å². The summed E-state index contributed by atoms with van der Waals surface area (Å²) >= 11 is 5.84. The van der Waals surface area contributed by atoms with Crippen molar-refractivity contribution >= 4 is 38.5 Å². The fraction of sp³-hybridized carbons (Fsp3) is 0.400. The minimum atomic E-state index is 0.247. The van der Waals surface area contributed by atoms with E-state index in [1.807, 2.05) is 0 Å². The predicted molar refractivity (Wildman–Crippen MR) is 65.6 cm³/mol. The molecule has 0 amide bonds. The molecule has 0 radical (unpaired) electrons. The Morgan fingerprint density at radius 3 is 2.25 bits per heavy atom. The lowest BCUT2D eigenvalue weighted by Crippen LogP contribution is -2.12. The molecular weight excluding hydrogens is 327 g/mol. The van der Waals surface area contributed by atoms with Crippen molar-refractivity contribution in [2.24, 2.45) is 0 Å². The van der Waals surface area contributed by atoms with Crippen LogP contribution in [0.4, 0.5) is 0 Å². The van der Waals surface area contributed by atoms with Crippen molar-refractivity contribution < 1.29 is 0 Å². The zero-order valence-corrected chi connectivity index (χ0v) is 11.2. The first-order chi connectivity index (χ1) is 5.41. The molecule has 0 aliphatic carbocycles. The predicted octanol–water partition coefficient (Wildman–Crippen LogP) is 4.35. The van der Waals surface area contributed by atoms with Crippen molar-refractivity contribution in [1.82, 2.24) is 0 Å². The van der Waals surface area contributed by atoms with Gasteiger partial charge in [0.1, 0.15) is 0 Å². The van der Waals surface area contributed by atoms with E-state index in [1.54, 1.807) is 0 Å². The summed E-state index contributed by atoms with van der Waals surface area (Å²) in [6, 6.07) is 6.44. The SMILES string of the molecule is CC(C)(C)c1ccc(Br)cc1I. The van der Waals surface area contributed by atoms with Gasteiger partial charge in [0.2, 0.25) is 0 Å². The number of halogens is 2. The zero-order chi connectivity index (χ0) is 9.35. The van der Waals surface area contributed by atoms with Crippen LogP contribution in [0.25, 0.3) is 0 Å². The van der Waals surface area contributed by atoms with Gasteiger partial charge in [-0.1, -0.05) is 42.8 Å². The smallest absolute Gasteiger partial charge is 0.0185 e. The molecule has 0 atom stereocenters. The highest BCUT2D eigenvalue weighted by molar-refractivity contribution is 14.1. The second-order valence-electron chi connectivity index (χ2n) is 3.87. The molecule has 0 aliphatic heterocycles. The van der Waals surface area contributed by atoms with E-state index in [0.29, 0.717) is 0 Å². The van der Waals surface area contributed by atoms with Crippen molar-refractivity contribution in [3.05, 3.63) is 31.8 Å². The Bertz CT molecular complexity index is 286. The van der Waals surface area contributed by atoms with Crippen LogP contribution in [0.15, 0.2) is 22.7 Å². The lowest BCUT2D eigenvalue weighted by atomic mass is 9.87. The Morgan fingerprint density at radius 2 is 1.83 bits per heavy atom. The molecule has 0 saturated heterocycles. The first-order valence-corrected chi connectivity index (χ1v) is 5.74. The molecule has 1 aromatic rings. The Labute approximate surface area is 96.0 Å². The molecule has 0 heterocycles. The van der Waals surface area contributed by atoms with E-state index in [9.17, 15) is 0 Å². The summed E-state index contributed by atoms with van der Waals surface area (Å²) in [4.78, 5) is 0. The minimum absolute atomic E-state index is 0.247. The van der Waals surface area contributed by atoms with Gasteiger partial charge in [-0.3, -0.25) is 0 Å². The van der Waals surface area contributed by atoms with E-state index >= 15 is 0 Å². The van der Waals surface area contributed by atoms with Gasteiger partial charge in [-0.15, -0.1) is 0 Å². The highest BCUT2D eigenvalue weighted by Crippen LogP contribution is 2.28. The minimum Gasteiger partial charge on any atom is -0.0563 e. The van der Waals surface area contributed by atoms with Crippen molar-refractivity contribution in [2.45, 2.75) is 26.2 Å². The summed E-state index contributed by atoms with van der Waals surface area (Å²) < 4.78 is 2.48. The third-order valence-electron chi connectivity index (χ3n) is 1.74. The highest BCUT2D eigenvalue weighted by atomic mass is 127. The van der Waals surface area contributed by atoms with E-state index in [2.05, 4.69) is 77.5 Å². The van der Waals surface area contributed by atoms with Gasteiger partial charge in [0.05, 0.1) is 0 Å². The van der Waals surface area contributed by atoms with Crippen molar-refractivity contribution in [1.29, 1.82) is 0 Å². The first-order valence-electron chi connectivity index (χ1n) is 3.87. The Hall–Kier alpha value is 0.430. The monoisotopic (exact) mass is 338 g/mol. The highest BCUT2D eigenvalue weighted by Gasteiger charge is 2.16. The molecule has 0 unspecified atom stereocenters. The number of hydrogen-bond donors (Lipinski definition) is 0. The van der Waals surface area contributed by atoms with Crippen LogP contribution in [0, 0.1) is 3.57 Å². The maximum absolute atomic E-state index is 3.46. The largest absolute Gasteiger partial charge is 0.0563 e. The molecule has 1 rings (SSSR count). The molecule has 66 valence electrons. The molecule has 0 saturated carbocycles. The number of benzene rings is 1. The summed E-state index contributed by atoms with van der Waals surface area (Å²) in [6.45, 7) is 6.70. The van der Waals surface area contributed by atoms with Gasteiger partial charge in [0.15, 0.2) is 0 Å². The quantitative estimate of drug-likeness (QED) is 0.617. The molecule has 2 heteroatoms. The fourth-order valence-corrected chi connectivity index (χ4v) is 3.21. The average molecular weight is 339 g/mol. The van der Waals surface area contributed by atoms with Crippen LogP contribution in [0.1, 0.15) is 26.3 Å². The molecule has 0 aromatic heterocycles. The molecule has 0 N–H and O–H groups in total. The van der Waals surface area contributed by atoms with Gasteiger partial charge in [-0.05, 0) is 45.7 Å². The topological polar surface area (TPSA) is 0 Å². The fourth-order valence-electron chi connectivity index (χ4n) is 1.10. The van der Waals surface area contributed by atoms with E-state index in [1.165, 1.54) is 9.13 Å². The van der Waals surface area contributed by atoms with Gasteiger partial charge in [0, 0.05) is 8.04 Å². The van der Waals surface area contributed by atoms with Crippen LogP contribution >= 0.6 is 38.5 Å². The van der Waals surface area contributed by atoms with Gasteiger partial charge in [-0.25, -0.2) is 0 Å².